The van der Waals surface area contributed by atoms with Crippen LogP contribution in [0.3, 0.4) is 0 Å². The van der Waals surface area contributed by atoms with E-state index in [1.165, 1.54) is 32.1 Å². The van der Waals surface area contributed by atoms with Gasteiger partial charge in [-0.1, -0.05) is 32.1 Å². The zero-order chi connectivity index (χ0) is 11.3. The summed E-state index contributed by atoms with van der Waals surface area (Å²) < 4.78 is 0. The number of rotatable bonds is 5. The molecule has 0 heterocycles. The Balaban J connectivity index is 2.26. The van der Waals surface area contributed by atoms with E-state index in [2.05, 4.69) is 0 Å². The van der Waals surface area contributed by atoms with Gasteiger partial charge in [-0.15, -0.1) is 0 Å². The number of nitrogens with two attached hydrogens (primary N) is 2. The van der Waals surface area contributed by atoms with Crippen molar-refractivity contribution in [3.8, 4) is 0 Å². The first kappa shape index (κ1) is 12.5. The molecular weight excluding hydrogens is 192 g/mol. The topological polar surface area (TPSA) is 89.3 Å². The van der Waals surface area contributed by atoms with Crippen molar-refractivity contribution in [2.24, 2.45) is 17.4 Å². The van der Waals surface area contributed by atoms with E-state index in [0.717, 1.165) is 6.42 Å². The lowest BCUT2D eigenvalue weighted by Crippen LogP contribution is -2.44. The smallest absolute Gasteiger partial charge is 0.304 e. The van der Waals surface area contributed by atoms with Crippen LogP contribution in [0.2, 0.25) is 0 Å². The van der Waals surface area contributed by atoms with E-state index >= 15 is 0 Å². The van der Waals surface area contributed by atoms with E-state index in [9.17, 15) is 4.79 Å². The normalized spacial score (nSPS) is 22.3. The first-order valence-electron chi connectivity index (χ1n) is 5.82. The van der Waals surface area contributed by atoms with Gasteiger partial charge in [-0.2, -0.15) is 0 Å². The van der Waals surface area contributed by atoms with Gasteiger partial charge in [-0.3, -0.25) is 4.79 Å². The monoisotopic (exact) mass is 214 g/mol. The van der Waals surface area contributed by atoms with Gasteiger partial charge < -0.3 is 16.6 Å². The van der Waals surface area contributed by atoms with Crippen molar-refractivity contribution in [1.82, 2.24) is 0 Å². The number of carboxylic acid groups (broad SMARTS) is 1. The Morgan fingerprint density at radius 1 is 1.20 bits per heavy atom. The minimum Gasteiger partial charge on any atom is -0.481 e. The van der Waals surface area contributed by atoms with Gasteiger partial charge in [0.25, 0.3) is 0 Å². The fraction of sp³-hybridized carbons (Fsp3) is 0.909. The lowest BCUT2D eigenvalue weighted by atomic mass is 9.83. The fourth-order valence-corrected chi connectivity index (χ4v) is 2.34. The molecule has 1 saturated carbocycles. The molecule has 1 fully saturated rings. The molecular formula is C11H22N2O2. The van der Waals surface area contributed by atoms with Gasteiger partial charge >= 0.3 is 5.97 Å². The van der Waals surface area contributed by atoms with Crippen molar-refractivity contribution in [3.63, 3.8) is 0 Å². The van der Waals surface area contributed by atoms with Crippen LogP contribution in [0.1, 0.15) is 44.9 Å². The summed E-state index contributed by atoms with van der Waals surface area (Å²) >= 11 is 0. The average molecular weight is 214 g/mol. The number of carbonyl (C=O) groups is 1. The fourth-order valence-electron chi connectivity index (χ4n) is 2.34. The Bertz CT molecular complexity index is 203. The van der Waals surface area contributed by atoms with Crippen LogP contribution in [0, 0.1) is 5.92 Å². The largest absolute Gasteiger partial charge is 0.481 e. The SMILES string of the molecule is N[C@H](CC(=O)O)[C@@H](N)CC1CCCCC1. The molecule has 1 aliphatic rings. The first-order chi connectivity index (χ1) is 7.09. The number of aliphatic carboxylic acids is 1. The second-order valence-electron chi connectivity index (χ2n) is 4.67. The summed E-state index contributed by atoms with van der Waals surface area (Å²) in [5, 5.41) is 8.60. The maximum atomic E-state index is 10.5. The van der Waals surface area contributed by atoms with E-state index in [4.69, 9.17) is 16.6 Å². The molecule has 0 aromatic heterocycles. The molecule has 5 N–H and O–H groups in total. The molecule has 0 radical (unpaired) electrons. The van der Waals surface area contributed by atoms with Crippen molar-refractivity contribution >= 4 is 5.97 Å². The molecule has 1 rings (SSSR count). The number of hydrogen-bond acceptors (Lipinski definition) is 3. The van der Waals surface area contributed by atoms with Crippen molar-refractivity contribution in [3.05, 3.63) is 0 Å². The molecule has 0 aliphatic heterocycles. The first-order valence-corrected chi connectivity index (χ1v) is 5.82. The third-order valence-corrected chi connectivity index (χ3v) is 3.29. The highest BCUT2D eigenvalue weighted by Crippen LogP contribution is 2.27. The van der Waals surface area contributed by atoms with E-state index in [-0.39, 0.29) is 12.5 Å². The highest BCUT2D eigenvalue weighted by molar-refractivity contribution is 5.67. The molecule has 0 spiro atoms. The third-order valence-electron chi connectivity index (χ3n) is 3.29. The standard InChI is InChI=1S/C11H22N2O2/c12-9(10(13)7-11(14)15)6-8-4-2-1-3-5-8/h8-10H,1-7,12-13H2,(H,14,15)/t9-,10+/m0/s1. The van der Waals surface area contributed by atoms with Gasteiger partial charge in [-0.05, 0) is 12.3 Å². The van der Waals surface area contributed by atoms with Crippen LogP contribution in [0.5, 0.6) is 0 Å². The summed E-state index contributed by atoms with van der Waals surface area (Å²) in [5.74, 6) is -0.199. The molecule has 4 heteroatoms. The van der Waals surface area contributed by atoms with E-state index < -0.39 is 12.0 Å². The molecule has 2 atom stereocenters. The number of carboxylic acids is 1. The van der Waals surface area contributed by atoms with Crippen LogP contribution < -0.4 is 11.5 Å². The second-order valence-corrected chi connectivity index (χ2v) is 4.67. The summed E-state index contributed by atoms with van der Waals surface area (Å²) in [5.41, 5.74) is 11.6. The Kier molecular flexibility index (Phi) is 5.05. The summed E-state index contributed by atoms with van der Waals surface area (Å²) in [6.45, 7) is 0. The molecule has 88 valence electrons. The molecule has 0 aromatic carbocycles. The van der Waals surface area contributed by atoms with Crippen LogP contribution in [0.4, 0.5) is 0 Å². The van der Waals surface area contributed by atoms with Gasteiger partial charge in [0, 0.05) is 12.1 Å². The Morgan fingerprint density at radius 3 is 2.33 bits per heavy atom. The Labute approximate surface area is 91.0 Å². The molecule has 1 aliphatic carbocycles. The highest BCUT2D eigenvalue weighted by atomic mass is 16.4. The summed E-state index contributed by atoms with van der Waals surface area (Å²) in [6.07, 6.45) is 7.22. The van der Waals surface area contributed by atoms with Crippen molar-refractivity contribution < 1.29 is 9.90 Å². The van der Waals surface area contributed by atoms with E-state index in [0.29, 0.717) is 5.92 Å². The maximum Gasteiger partial charge on any atom is 0.304 e. The summed E-state index contributed by atoms with van der Waals surface area (Å²) in [4.78, 5) is 10.5. The van der Waals surface area contributed by atoms with Crippen LogP contribution in [-0.4, -0.2) is 23.2 Å². The van der Waals surface area contributed by atoms with Crippen LogP contribution in [-0.2, 0) is 4.79 Å². The minimum atomic E-state index is -0.860. The van der Waals surface area contributed by atoms with Crippen molar-refractivity contribution in [2.75, 3.05) is 0 Å². The van der Waals surface area contributed by atoms with Crippen LogP contribution in [0.25, 0.3) is 0 Å². The van der Waals surface area contributed by atoms with E-state index in [1.807, 2.05) is 0 Å². The molecule has 4 nitrogen and oxygen atoms in total. The minimum absolute atomic E-state index is 0.0200. The van der Waals surface area contributed by atoms with Gasteiger partial charge in [-0.25, -0.2) is 0 Å². The van der Waals surface area contributed by atoms with Crippen LogP contribution >= 0.6 is 0 Å². The number of hydrogen-bond donors (Lipinski definition) is 3. The molecule has 0 bridgehead atoms. The molecule has 0 aromatic rings. The molecule has 15 heavy (non-hydrogen) atoms. The predicted octanol–water partition coefficient (Wildman–Crippen LogP) is 1.09. The molecule has 0 saturated heterocycles. The zero-order valence-electron chi connectivity index (χ0n) is 9.19. The zero-order valence-corrected chi connectivity index (χ0v) is 9.19. The highest BCUT2D eigenvalue weighted by Gasteiger charge is 2.22. The average Bonchev–Trinajstić information content (AvgIpc) is 2.18. The lowest BCUT2D eigenvalue weighted by Gasteiger charge is -2.27. The second kappa shape index (κ2) is 6.08. The third kappa shape index (κ3) is 4.62. The van der Waals surface area contributed by atoms with Gasteiger partial charge in [0.1, 0.15) is 0 Å². The van der Waals surface area contributed by atoms with Gasteiger partial charge in [0.15, 0.2) is 0 Å². The van der Waals surface area contributed by atoms with Gasteiger partial charge in [0.2, 0.25) is 0 Å². The maximum absolute atomic E-state index is 10.5. The summed E-state index contributed by atoms with van der Waals surface area (Å²) in [6, 6.07) is -0.561. The lowest BCUT2D eigenvalue weighted by molar-refractivity contribution is -0.137. The van der Waals surface area contributed by atoms with Crippen molar-refractivity contribution in [2.45, 2.75) is 57.0 Å². The summed E-state index contributed by atoms with van der Waals surface area (Å²) in [7, 11) is 0. The predicted molar refractivity (Wildman–Crippen MR) is 59.4 cm³/mol. The molecule has 0 amide bonds. The van der Waals surface area contributed by atoms with Gasteiger partial charge in [0.05, 0.1) is 6.42 Å². The van der Waals surface area contributed by atoms with E-state index in [1.54, 1.807) is 0 Å². The van der Waals surface area contributed by atoms with Crippen molar-refractivity contribution in [1.29, 1.82) is 0 Å². The Morgan fingerprint density at radius 2 is 1.80 bits per heavy atom. The quantitative estimate of drug-likeness (QED) is 0.639. The molecule has 0 unspecified atom stereocenters. The van der Waals surface area contributed by atoms with Crippen LogP contribution in [0.15, 0.2) is 0 Å². The Hall–Kier alpha value is -0.610.